The molecule has 1 aliphatic rings. The van der Waals surface area contributed by atoms with Gasteiger partial charge in [-0.25, -0.2) is 4.98 Å². The molecule has 3 heterocycles. The van der Waals surface area contributed by atoms with Crippen molar-refractivity contribution in [2.75, 3.05) is 16.5 Å². The quantitative estimate of drug-likeness (QED) is 0.118. The summed E-state index contributed by atoms with van der Waals surface area (Å²) in [7, 11) is -3.06. The van der Waals surface area contributed by atoms with Crippen molar-refractivity contribution in [3.8, 4) is 5.82 Å². The number of pyridine rings is 1. The molecule has 0 spiro atoms. The molecule has 0 fully saturated rings. The van der Waals surface area contributed by atoms with Gasteiger partial charge in [-0.1, -0.05) is 186 Å². The lowest BCUT2D eigenvalue weighted by molar-refractivity contribution is 0.568. The number of para-hydroxylation sites is 1. The average Bonchev–Trinajstić information content (AvgIpc) is 3.90. The van der Waals surface area contributed by atoms with E-state index in [0.717, 1.165) is 18.0 Å². The van der Waals surface area contributed by atoms with E-state index in [9.17, 15) is 0 Å². The van der Waals surface area contributed by atoms with Gasteiger partial charge in [0.25, 0.3) is 0 Å². The van der Waals surface area contributed by atoms with E-state index in [1.54, 1.807) is 0 Å². The Hall–Kier alpha value is -6.17. The molecule has 9 rings (SSSR count). The summed E-state index contributed by atoms with van der Waals surface area (Å²) in [4.78, 5) is 9.94. The minimum absolute atomic E-state index is 0.0204. The molecule has 0 atom stereocenters. The van der Waals surface area contributed by atoms with Crippen molar-refractivity contribution in [1.82, 2.24) is 9.55 Å². The lowest BCUT2D eigenvalue weighted by Crippen LogP contribution is -2.74. The van der Waals surface area contributed by atoms with Gasteiger partial charge in [0, 0.05) is 40.7 Å². The van der Waals surface area contributed by atoms with Crippen molar-refractivity contribution in [2.45, 2.75) is 105 Å². The second-order valence-electron chi connectivity index (χ2n) is 22.4. The van der Waals surface area contributed by atoms with E-state index in [1.807, 2.05) is 6.20 Å². The molecule has 5 heteroatoms. The molecule has 0 unspecified atom stereocenters. The normalized spacial score (nSPS) is 14.0. The van der Waals surface area contributed by atoms with E-state index < -0.39 is 8.07 Å². The summed E-state index contributed by atoms with van der Waals surface area (Å²) in [5.41, 5.74) is 10.0. The van der Waals surface area contributed by atoms with Gasteiger partial charge in [-0.2, -0.15) is 0 Å². The van der Waals surface area contributed by atoms with Crippen LogP contribution in [0.3, 0.4) is 0 Å². The fourth-order valence-electron chi connectivity index (χ4n) is 9.66. The Kier molecular flexibility index (Phi) is 10.9. The first-order valence-electron chi connectivity index (χ1n) is 23.4. The van der Waals surface area contributed by atoms with Gasteiger partial charge in [-0.3, -0.25) is 4.57 Å². The molecule has 0 radical (unpaired) electrons. The fourth-order valence-corrected chi connectivity index (χ4v) is 14.5. The van der Waals surface area contributed by atoms with Crippen LogP contribution in [0.15, 0.2) is 170 Å². The summed E-state index contributed by atoms with van der Waals surface area (Å²) in [6.45, 7) is 28.5. The van der Waals surface area contributed by atoms with Gasteiger partial charge in [-0.15, -0.1) is 0 Å². The van der Waals surface area contributed by atoms with E-state index >= 15 is 0 Å². The average molecular weight is 871 g/mol. The zero-order valence-corrected chi connectivity index (χ0v) is 41.7. The van der Waals surface area contributed by atoms with E-state index in [1.165, 1.54) is 70.7 Å². The van der Waals surface area contributed by atoms with E-state index in [-0.39, 0.29) is 21.7 Å². The van der Waals surface area contributed by atoms with Crippen molar-refractivity contribution in [2.24, 2.45) is 0 Å². The topological polar surface area (TPSA) is 24.3 Å². The lowest BCUT2D eigenvalue weighted by Gasteiger charge is -2.36. The SMILES string of the molecule is CC(C)(C)c1cc(N2C=CN(c3cc(C(C)(C)C)cc([Si](c4ccccc4)(c4ccccc4)c4ccc5c6ccccc6n(-c6cc(C(C)(C)C)ccn6)c5c4)c3)C2)cc(C(C)(C)C)c1. The largest absolute Gasteiger partial charge is 0.328 e. The second-order valence-corrected chi connectivity index (χ2v) is 26.2. The van der Waals surface area contributed by atoms with Crippen LogP contribution in [-0.4, -0.2) is 24.3 Å². The van der Waals surface area contributed by atoms with Gasteiger partial charge in [-0.05, 0) is 113 Å². The number of hydrogen-bond donors (Lipinski definition) is 0. The van der Waals surface area contributed by atoms with Gasteiger partial charge in [0.2, 0.25) is 0 Å². The smallest absolute Gasteiger partial charge is 0.179 e. The van der Waals surface area contributed by atoms with E-state index in [0.29, 0.717) is 0 Å². The van der Waals surface area contributed by atoms with Crippen molar-refractivity contribution >= 4 is 62.0 Å². The molecule has 330 valence electrons. The predicted molar refractivity (Wildman–Crippen MR) is 282 cm³/mol. The Morgan fingerprint density at radius 1 is 0.400 bits per heavy atom. The van der Waals surface area contributed by atoms with Crippen LogP contribution in [0.4, 0.5) is 11.4 Å². The van der Waals surface area contributed by atoms with Gasteiger partial charge >= 0.3 is 0 Å². The summed E-state index contributed by atoms with van der Waals surface area (Å²) in [6, 6.07) is 58.0. The van der Waals surface area contributed by atoms with Crippen molar-refractivity contribution in [3.05, 3.63) is 193 Å². The zero-order chi connectivity index (χ0) is 46.1. The monoisotopic (exact) mass is 871 g/mol. The number of benzene rings is 6. The van der Waals surface area contributed by atoms with Gasteiger partial charge in [0.05, 0.1) is 17.7 Å². The third-order valence-corrected chi connectivity index (χ3v) is 18.4. The molecule has 0 aliphatic carbocycles. The highest BCUT2D eigenvalue weighted by atomic mass is 28.3. The predicted octanol–water partition coefficient (Wildman–Crippen LogP) is 12.5. The van der Waals surface area contributed by atoms with Gasteiger partial charge in [0.1, 0.15) is 5.82 Å². The Morgan fingerprint density at radius 2 is 0.892 bits per heavy atom. The summed E-state index contributed by atoms with van der Waals surface area (Å²) in [5, 5.41) is 7.86. The molecule has 8 aromatic rings. The van der Waals surface area contributed by atoms with E-state index in [4.69, 9.17) is 4.98 Å². The van der Waals surface area contributed by atoms with Crippen molar-refractivity contribution in [1.29, 1.82) is 0 Å². The lowest BCUT2D eigenvalue weighted by atomic mass is 9.80. The maximum Gasteiger partial charge on any atom is 0.179 e. The molecule has 0 bridgehead atoms. The van der Waals surface area contributed by atoms with Crippen LogP contribution >= 0.6 is 0 Å². The minimum atomic E-state index is -3.06. The second kappa shape index (κ2) is 16.1. The molecular weight excluding hydrogens is 805 g/mol. The Bertz CT molecular complexity index is 2990. The number of anilines is 2. The number of fused-ring (bicyclic) bond motifs is 3. The third kappa shape index (κ3) is 8.14. The molecule has 4 nitrogen and oxygen atoms in total. The van der Waals surface area contributed by atoms with Gasteiger partial charge < -0.3 is 9.80 Å². The van der Waals surface area contributed by atoms with Crippen LogP contribution in [0.25, 0.3) is 27.6 Å². The fraction of sp³-hybridized carbons (Fsp3) is 0.283. The molecule has 0 saturated heterocycles. The Balaban J connectivity index is 1.29. The van der Waals surface area contributed by atoms with Crippen LogP contribution in [0, 0.1) is 0 Å². The molecule has 0 amide bonds. The van der Waals surface area contributed by atoms with Crippen LogP contribution in [0.2, 0.25) is 0 Å². The van der Waals surface area contributed by atoms with Crippen LogP contribution in [-0.2, 0) is 21.7 Å². The maximum absolute atomic E-state index is 5.08. The zero-order valence-electron chi connectivity index (χ0n) is 40.7. The first-order valence-corrected chi connectivity index (χ1v) is 25.4. The molecule has 0 saturated carbocycles. The Morgan fingerprint density at radius 3 is 1.45 bits per heavy atom. The van der Waals surface area contributed by atoms with Crippen LogP contribution < -0.4 is 30.5 Å². The minimum Gasteiger partial charge on any atom is -0.328 e. The summed E-state index contributed by atoms with van der Waals surface area (Å²) in [5.74, 6) is 0.942. The number of hydrogen-bond acceptors (Lipinski definition) is 3. The van der Waals surface area contributed by atoms with Gasteiger partial charge in [0.15, 0.2) is 8.07 Å². The summed E-state index contributed by atoms with van der Waals surface area (Å²) < 4.78 is 2.40. The number of aromatic nitrogens is 2. The number of rotatable bonds is 7. The van der Waals surface area contributed by atoms with Crippen LogP contribution in [0.5, 0.6) is 0 Å². The highest BCUT2D eigenvalue weighted by molar-refractivity contribution is 7.20. The third-order valence-electron chi connectivity index (χ3n) is 13.6. The first-order chi connectivity index (χ1) is 30.7. The molecule has 65 heavy (non-hydrogen) atoms. The highest BCUT2D eigenvalue weighted by Gasteiger charge is 2.43. The van der Waals surface area contributed by atoms with Crippen molar-refractivity contribution in [3.63, 3.8) is 0 Å². The standard InChI is InChI=1S/C60H66N4Si/c1-57(2,3)42-29-30-61-56(38-42)64-54-26-20-19-25-52(54)53-28-27-50(40-55(53)64)65(48-21-15-13-16-22-48,49-23-17-14-18-24-49)51-37-45(60(10,11)12)36-47(39-51)63-32-31-62(41-63)46-34-43(58(4,5)6)33-44(35-46)59(7,8)9/h13-40H,41H2,1-12H3. The maximum atomic E-state index is 5.08. The number of nitrogens with zero attached hydrogens (tertiary/aromatic N) is 4. The summed E-state index contributed by atoms with van der Waals surface area (Å²) >= 11 is 0. The molecule has 6 aromatic carbocycles. The highest BCUT2D eigenvalue weighted by Crippen LogP contribution is 2.37. The molecule has 2 aromatic heterocycles. The molecule has 0 N–H and O–H groups in total. The Labute approximate surface area is 389 Å². The summed E-state index contributed by atoms with van der Waals surface area (Å²) in [6.07, 6.45) is 6.53. The van der Waals surface area contributed by atoms with E-state index in [2.05, 4.69) is 262 Å². The van der Waals surface area contributed by atoms with Crippen molar-refractivity contribution < 1.29 is 0 Å². The first kappa shape index (κ1) is 44.0. The molecule has 1 aliphatic heterocycles. The van der Waals surface area contributed by atoms with Crippen LogP contribution in [0.1, 0.15) is 105 Å². The molecular formula is C60H66N4Si.